The standard InChI is InChI=1S/C24H29F3N2O6S/c25-24(26,27)20-9-4-6-18(16-20)17-21(30)11-13-28-12-5-10-22(36(32,33)34)29(28)14-15-35-23(31)19-7-2-1-3-8-19/h1-4,6-9,16,21-22,30H,5,10-15,17H2,(H,32,33,34). The molecule has 36 heavy (non-hydrogen) atoms. The summed E-state index contributed by atoms with van der Waals surface area (Å²) >= 11 is 0. The van der Waals surface area contributed by atoms with Gasteiger partial charge in [0.1, 0.15) is 6.61 Å². The van der Waals surface area contributed by atoms with E-state index in [-0.39, 0.29) is 39.0 Å². The van der Waals surface area contributed by atoms with Crippen molar-refractivity contribution >= 4 is 16.1 Å². The van der Waals surface area contributed by atoms with E-state index in [1.54, 1.807) is 35.3 Å². The maximum atomic E-state index is 12.9. The Hall–Kier alpha value is -2.51. The van der Waals surface area contributed by atoms with Crippen LogP contribution < -0.4 is 0 Å². The Balaban J connectivity index is 1.61. The Morgan fingerprint density at radius 1 is 1.11 bits per heavy atom. The van der Waals surface area contributed by atoms with Crippen LogP contribution in [0.2, 0.25) is 0 Å². The van der Waals surface area contributed by atoms with E-state index in [4.69, 9.17) is 4.74 Å². The SMILES string of the molecule is O=C(OCCN1C(S(=O)(=O)O)CCCN1CCC(O)Cc1cccc(C(F)(F)F)c1)c1ccccc1. The number of hydrazine groups is 1. The first-order chi connectivity index (χ1) is 16.9. The number of benzene rings is 2. The molecule has 1 aliphatic rings. The fourth-order valence-corrected chi connectivity index (χ4v) is 5.18. The van der Waals surface area contributed by atoms with Crippen molar-refractivity contribution in [1.29, 1.82) is 0 Å². The van der Waals surface area contributed by atoms with E-state index < -0.39 is 39.3 Å². The summed E-state index contributed by atoms with van der Waals surface area (Å²) < 4.78 is 77.8. The predicted octanol–water partition coefficient (Wildman–Crippen LogP) is 3.38. The second kappa shape index (κ2) is 12.2. The van der Waals surface area contributed by atoms with Crippen LogP contribution in [0.1, 0.15) is 40.7 Å². The zero-order chi connectivity index (χ0) is 26.3. The van der Waals surface area contributed by atoms with Crippen molar-refractivity contribution < 1.29 is 40.8 Å². The van der Waals surface area contributed by atoms with E-state index >= 15 is 0 Å². The molecule has 0 amide bonds. The van der Waals surface area contributed by atoms with Gasteiger partial charge in [0, 0.05) is 19.6 Å². The lowest BCUT2D eigenvalue weighted by atomic mass is 10.0. The number of alkyl halides is 3. The number of aliphatic hydroxyl groups excluding tert-OH is 1. The maximum absolute atomic E-state index is 12.9. The molecule has 8 nitrogen and oxygen atoms in total. The van der Waals surface area contributed by atoms with Crippen LogP contribution in [0.4, 0.5) is 13.2 Å². The van der Waals surface area contributed by atoms with Crippen molar-refractivity contribution in [2.24, 2.45) is 0 Å². The van der Waals surface area contributed by atoms with E-state index in [1.807, 2.05) is 0 Å². The van der Waals surface area contributed by atoms with Crippen LogP contribution in [0, 0.1) is 0 Å². The molecule has 1 saturated heterocycles. The molecule has 0 radical (unpaired) electrons. The lowest BCUT2D eigenvalue weighted by Crippen LogP contribution is -2.57. The largest absolute Gasteiger partial charge is 0.461 e. The number of carbonyl (C=O) groups excluding carboxylic acids is 1. The molecule has 0 spiro atoms. The van der Waals surface area contributed by atoms with E-state index in [0.717, 1.165) is 12.1 Å². The van der Waals surface area contributed by atoms with Gasteiger partial charge in [-0.05, 0) is 49.4 Å². The molecule has 1 fully saturated rings. The van der Waals surface area contributed by atoms with Crippen LogP contribution >= 0.6 is 0 Å². The molecule has 0 aliphatic carbocycles. The van der Waals surface area contributed by atoms with Crippen LogP contribution in [0.15, 0.2) is 54.6 Å². The fourth-order valence-electron chi connectivity index (χ4n) is 4.17. The minimum absolute atomic E-state index is 0.00578. The molecular formula is C24H29F3N2O6S. The molecule has 0 bridgehead atoms. The van der Waals surface area contributed by atoms with Gasteiger partial charge in [-0.15, -0.1) is 0 Å². The summed E-state index contributed by atoms with van der Waals surface area (Å²) in [5, 5.41) is 12.3. The summed E-state index contributed by atoms with van der Waals surface area (Å²) in [4.78, 5) is 12.2. The van der Waals surface area contributed by atoms with Gasteiger partial charge in [0.25, 0.3) is 10.1 Å². The quantitative estimate of drug-likeness (QED) is 0.356. The maximum Gasteiger partial charge on any atom is 0.416 e. The predicted molar refractivity (Wildman–Crippen MR) is 125 cm³/mol. The first-order valence-electron chi connectivity index (χ1n) is 11.5. The van der Waals surface area contributed by atoms with E-state index in [9.17, 15) is 36.0 Å². The first-order valence-corrected chi connectivity index (χ1v) is 13.0. The highest BCUT2D eigenvalue weighted by Gasteiger charge is 2.37. The molecule has 2 aromatic rings. The van der Waals surface area contributed by atoms with Gasteiger partial charge in [-0.2, -0.15) is 21.6 Å². The Kier molecular flexibility index (Phi) is 9.47. The van der Waals surface area contributed by atoms with E-state index in [1.165, 1.54) is 17.1 Å². The van der Waals surface area contributed by atoms with Crippen molar-refractivity contribution in [2.45, 2.75) is 43.3 Å². The lowest BCUT2D eigenvalue weighted by molar-refractivity contribution is -0.137. The van der Waals surface area contributed by atoms with Crippen molar-refractivity contribution in [3.8, 4) is 0 Å². The number of carbonyl (C=O) groups is 1. The molecule has 2 aromatic carbocycles. The Morgan fingerprint density at radius 3 is 2.50 bits per heavy atom. The fraction of sp³-hybridized carbons (Fsp3) is 0.458. The van der Waals surface area contributed by atoms with E-state index in [0.29, 0.717) is 24.1 Å². The Bertz CT molecular complexity index is 1110. The van der Waals surface area contributed by atoms with Gasteiger partial charge in [0.15, 0.2) is 5.37 Å². The average molecular weight is 531 g/mol. The number of hydrogen-bond acceptors (Lipinski definition) is 7. The van der Waals surface area contributed by atoms with Crippen LogP contribution in [0.25, 0.3) is 0 Å². The van der Waals surface area contributed by atoms with Gasteiger partial charge >= 0.3 is 12.1 Å². The number of esters is 1. The molecule has 1 aliphatic heterocycles. The van der Waals surface area contributed by atoms with Gasteiger partial charge in [0.2, 0.25) is 0 Å². The number of halogens is 3. The van der Waals surface area contributed by atoms with Gasteiger partial charge in [-0.3, -0.25) is 4.55 Å². The van der Waals surface area contributed by atoms with Crippen LogP contribution in [0.3, 0.4) is 0 Å². The van der Waals surface area contributed by atoms with Gasteiger partial charge in [0.05, 0.1) is 17.2 Å². The normalized spacial score (nSPS) is 18.6. The zero-order valence-corrected chi connectivity index (χ0v) is 20.3. The van der Waals surface area contributed by atoms with Crippen molar-refractivity contribution in [2.75, 3.05) is 26.2 Å². The molecular weight excluding hydrogens is 501 g/mol. The third kappa shape index (κ3) is 8.00. The Labute approximate surface area is 208 Å². The number of rotatable bonds is 10. The molecule has 2 atom stereocenters. The highest BCUT2D eigenvalue weighted by atomic mass is 32.2. The number of aliphatic hydroxyl groups is 1. The van der Waals surface area contributed by atoms with E-state index in [2.05, 4.69) is 0 Å². The summed E-state index contributed by atoms with van der Waals surface area (Å²) in [6.45, 7) is 0.490. The summed E-state index contributed by atoms with van der Waals surface area (Å²) in [5.41, 5.74) is -0.121. The van der Waals surface area contributed by atoms with Crippen LogP contribution in [-0.2, 0) is 27.5 Å². The van der Waals surface area contributed by atoms with Gasteiger partial charge in [-0.25, -0.2) is 14.8 Å². The summed E-state index contributed by atoms with van der Waals surface area (Å²) in [6.07, 6.45) is -4.67. The molecule has 1 heterocycles. The molecule has 12 heteroatoms. The van der Waals surface area contributed by atoms with Crippen molar-refractivity contribution in [3.05, 3.63) is 71.3 Å². The smallest absolute Gasteiger partial charge is 0.416 e. The second-order valence-electron chi connectivity index (χ2n) is 8.58. The Morgan fingerprint density at radius 2 is 1.83 bits per heavy atom. The van der Waals surface area contributed by atoms with Crippen molar-refractivity contribution in [1.82, 2.24) is 10.0 Å². The molecule has 3 rings (SSSR count). The minimum Gasteiger partial charge on any atom is -0.461 e. The number of hydrogen-bond donors (Lipinski definition) is 2. The number of nitrogens with zero attached hydrogens (tertiary/aromatic N) is 2. The zero-order valence-electron chi connectivity index (χ0n) is 19.5. The minimum atomic E-state index is -4.48. The van der Waals surface area contributed by atoms with Crippen molar-refractivity contribution in [3.63, 3.8) is 0 Å². The first kappa shape index (κ1) is 28.1. The third-order valence-corrected chi connectivity index (χ3v) is 7.08. The topological polar surface area (TPSA) is 107 Å². The highest BCUT2D eigenvalue weighted by molar-refractivity contribution is 7.86. The molecule has 198 valence electrons. The summed E-state index contributed by atoms with van der Waals surface area (Å²) in [5.74, 6) is -0.570. The third-order valence-electron chi connectivity index (χ3n) is 5.92. The summed E-state index contributed by atoms with van der Waals surface area (Å²) in [7, 11) is -4.44. The van der Waals surface area contributed by atoms with Gasteiger partial charge in [-0.1, -0.05) is 36.4 Å². The van der Waals surface area contributed by atoms with Crippen LogP contribution in [-0.4, -0.2) is 71.8 Å². The van der Waals surface area contributed by atoms with Gasteiger partial charge < -0.3 is 9.84 Å². The molecule has 2 N–H and O–H groups in total. The molecule has 0 aromatic heterocycles. The molecule has 2 unspecified atom stereocenters. The number of ether oxygens (including phenoxy) is 1. The average Bonchev–Trinajstić information content (AvgIpc) is 2.82. The monoisotopic (exact) mass is 530 g/mol. The second-order valence-corrected chi connectivity index (χ2v) is 10.1. The lowest BCUT2D eigenvalue weighted by Gasteiger charge is -2.43. The molecule has 0 saturated carbocycles. The van der Waals surface area contributed by atoms with Crippen LogP contribution in [0.5, 0.6) is 0 Å². The highest BCUT2D eigenvalue weighted by Crippen LogP contribution is 2.30. The summed E-state index contributed by atoms with van der Waals surface area (Å²) in [6, 6.07) is 13.0.